The van der Waals surface area contributed by atoms with Crippen LogP contribution in [0, 0.1) is 0 Å². The normalized spacial score (nSPS) is 11.4. The minimum Gasteiger partial charge on any atom is -0.507 e. The maximum atomic E-state index is 11.7. The largest absolute Gasteiger partial charge is 0.507 e. The van der Waals surface area contributed by atoms with Crippen molar-refractivity contribution >= 4 is 96.6 Å². The molecule has 0 amide bonds. The monoisotopic (exact) mass is 674 g/mol. The van der Waals surface area contributed by atoms with E-state index in [-0.39, 0.29) is 23.0 Å². The third-order valence-corrected chi connectivity index (χ3v) is 10.3. The fourth-order valence-electron chi connectivity index (χ4n) is 7.60. The van der Waals surface area contributed by atoms with E-state index >= 15 is 0 Å². The van der Waals surface area contributed by atoms with Gasteiger partial charge in [-0.1, -0.05) is 108 Å². The molecule has 1 heterocycles. The molecule has 0 unspecified atom stereocenters. The summed E-state index contributed by atoms with van der Waals surface area (Å²) in [5.41, 5.74) is 8.12. The Morgan fingerprint density at radius 2 is 1.06 bits per heavy atom. The third kappa shape index (κ3) is 5.06. The first-order chi connectivity index (χ1) is 25.0. The van der Waals surface area contributed by atoms with Gasteiger partial charge in [-0.05, 0) is 79.9 Å². The van der Waals surface area contributed by atoms with Crippen molar-refractivity contribution in [1.29, 1.82) is 0 Å². The molecule has 0 saturated carbocycles. The highest BCUT2D eigenvalue weighted by Gasteiger charge is 2.24. The van der Waals surface area contributed by atoms with Crippen molar-refractivity contribution in [3.05, 3.63) is 126 Å². The number of hydrogen-bond donors (Lipinski definition) is 4. The molecule has 8 heteroatoms. The molecule has 0 atom stereocenters. The summed E-state index contributed by atoms with van der Waals surface area (Å²) in [6.45, 7) is 8.39. The van der Waals surface area contributed by atoms with Crippen molar-refractivity contribution in [1.82, 2.24) is 0 Å². The second-order valence-corrected chi connectivity index (χ2v) is 13.4. The van der Waals surface area contributed by atoms with Gasteiger partial charge in [0.25, 0.3) is 0 Å². The summed E-state index contributed by atoms with van der Waals surface area (Å²) >= 11 is 0. The van der Waals surface area contributed by atoms with Crippen LogP contribution in [0.25, 0.3) is 90.0 Å². The van der Waals surface area contributed by atoms with E-state index in [2.05, 4.69) is 13.2 Å². The molecule has 4 N–H and O–H groups in total. The molecule has 0 aliphatic rings. The summed E-state index contributed by atoms with van der Waals surface area (Å²) in [4.78, 5) is 0. The summed E-state index contributed by atoms with van der Waals surface area (Å²) in [5, 5.41) is 51.1. The number of fused-ring (bicyclic) bond motifs is 5. The maximum absolute atomic E-state index is 11.7. The molecule has 1 aromatic heterocycles. The van der Waals surface area contributed by atoms with E-state index in [9.17, 15) is 20.4 Å². The van der Waals surface area contributed by atoms with Gasteiger partial charge < -0.3 is 24.8 Å². The highest BCUT2D eigenvalue weighted by Crippen LogP contribution is 2.50. The molecule has 0 aliphatic carbocycles. The van der Waals surface area contributed by atoms with Crippen molar-refractivity contribution in [3.8, 4) is 56.4 Å². The highest BCUT2D eigenvalue weighted by molar-refractivity contribution is 6.59. The zero-order chi connectivity index (χ0) is 36.4. The van der Waals surface area contributed by atoms with Gasteiger partial charge >= 0.3 is 0 Å². The summed E-state index contributed by atoms with van der Waals surface area (Å²) in [6, 6.07) is 36.1. The molecule has 0 fully saturated rings. The standard InChI is InChI=1S/C44H33B3O5/c1-22-8-3-4-9-23(2)20-24(17-16-22)34-38-28(10-5-13-30(38)48)36(29-11-6-14-31(49)39(29)34)27-12-7-15-32-37(27)26-19-18-25(21-33(26)52-32)35-40(45)41(46)42(47)44(51)43(35)50/h3-21,48-51H,1-2,45-47H2. The number of aromatic hydroxyl groups is 4. The molecule has 0 radical (unpaired) electrons. The quantitative estimate of drug-likeness (QED) is 0.127. The van der Waals surface area contributed by atoms with E-state index in [1.54, 1.807) is 20.0 Å². The Kier molecular flexibility index (Phi) is 7.76. The van der Waals surface area contributed by atoms with Crippen LogP contribution >= 0.6 is 0 Å². The Morgan fingerprint density at radius 1 is 0.442 bits per heavy atom. The molecule has 248 valence electrons. The number of phenolic OH excluding ortho intramolecular Hbond substituents is 4. The van der Waals surface area contributed by atoms with Crippen LogP contribution in [0.5, 0.6) is 23.0 Å². The van der Waals surface area contributed by atoms with Gasteiger partial charge in [-0.25, -0.2) is 0 Å². The van der Waals surface area contributed by atoms with Gasteiger partial charge in [0.2, 0.25) is 0 Å². The molecule has 8 rings (SSSR count). The van der Waals surface area contributed by atoms with Crippen molar-refractivity contribution in [2.45, 2.75) is 0 Å². The van der Waals surface area contributed by atoms with Gasteiger partial charge in [0, 0.05) is 32.7 Å². The van der Waals surface area contributed by atoms with Crippen molar-refractivity contribution in [3.63, 3.8) is 0 Å². The van der Waals surface area contributed by atoms with Crippen LogP contribution in [-0.4, -0.2) is 44.0 Å². The molecule has 5 nitrogen and oxygen atoms in total. The average Bonchev–Trinajstić information content (AvgIpc) is 3.51. The van der Waals surface area contributed by atoms with E-state index in [1.165, 1.54) is 0 Å². The number of furan rings is 1. The minimum atomic E-state index is -0.157. The zero-order valence-electron chi connectivity index (χ0n) is 29.1. The topological polar surface area (TPSA) is 94.1 Å². The Balaban J connectivity index is 1.48. The van der Waals surface area contributed by atoms with E-state index in [0.29, 0.717) is 38.5 Å². The lowest BCUT2D eigenvalue weighted by Gasteiger charge is -2.19. The summed E-state index contributed by atoms with van der Waals surface area (Å²) < 4.78 is 6.51. The second-order valence-electron chi connectivity index (χ2n) is 13.4. The van der Waals surface area contributed by atoms with E-state index in [1.807, 2.05) is 119 Å². The number of rotatable bonds is 3. The number of hydrogen-bond acceptors (Lipinski definition) is 5. The molecule has 0 aliphatic heterocycles. The first kappa shape index (κ1) is 32.7. The van der Waals surface area contributed by atoms with Crippen LogP contribution in [0.3, 0.4) is 0 Å². The zero-order valence-corrected chi connectivity index (χ0v) is 29.1. The van der Waals surface area contributed by atoms with Crippen LogP contribution in [-0.2, 0) is 0 Å². The van der Waals surface area contributed by atoms with Crippen LogP contribution in [0.2, 0.25) is 0 Å². The van der Waals surface area contributed by atoms with Crippen molar-refractivity contribution in [2.24, 2.45) is 0 Å². The highest BCUT2D eigenvalue weighted by atomic mass is 16.3. The molecule has 0 spiro atoms. The smallest absolute Gasteiger partial charge is 0.164 e. The Hall–Kier alpha value is -6.53. The predicted octanol–water partition coefficient (Wildman–Crippen LogP) is 4.44. The van der Waals surface area contributed by atoms with Crippen LogP contribution in [0.4, 0.5) is 0 Å². The lowest BCUT2D eigenvalue weighted by Crippen LogP contribution is -2.40. The second kappa shape index (κ2) is 12.4. The van der Waals surface area contributed by atoms with Gasteiger partial charge in [-0.3, -0.25) is 0 Å². The van der Waals surface area contributed by atoms with Gasteiger partial charge in [0.1, 0.15) is 46.2 Å². The summed E-state index contributed by atoms with van der Waals surface area (Å²) in [6.07, 6.45) is 0. The van der Waals surface area contributed by atoms with E-state index in [0.717, 1.165) is 65.2 Å². The molecular formula is C44H33B3O5. The molecule has 52 heavy (non-hydrogen) atoms. The van der Waals surface area contributed by atoms with Crippen LogP contribution < -0.4 is 26.8 Å². The van der Waals surface area contributed by atoms with Gasteiger partial charge in [0.05, 0.1) is 0 Å². The SMILES string of the molecule is Bc1c(B)c(O)c(O)c(-c2ccc3c(c2)oc2cccc(-c4c5cccc(O)c5c(-c5ccc(=C)ccccc(=C)c5)c5c(O)cccc45)c23)c1B. The molecule has 7 aromatic carbocycles. The van der Waals surface area contributed by atoms with Gasteiger partial charge in [-0.15, -0.1) is 0 Å². The third-order valence-electron chi connectivity index (χ3n) is 10.3. The molecular weight excluding hydrogens is 641 g/mol. The molecule has 0 bridgehead atoms. The Morgan fingerprint density at radius 3 is 1.75 bits per heavy atom. The average molecular weight is 674 g/mol. The first-order valence-electron chi connectivity index (χ1n) is 17.0. The summed E-state index contributed by atoms with van der Waals surface area (Å²) in [5.74, 6) is -0.134. The van der Waals surface area contributed by atoms with E-state index in [4.69, 9.17) is 4.42 Å². The van der Waals surface area contributed by atoms with Gasteiger partial charge in [0.15, 0.2) is 11.5 Å². The van der Waals surface area contributed by atoms with E-state index < -0.39 is 0 Å². The van der Waals surface area contributed by atoms with Crippen LogP contribution in [0.1, 0.15) is 0 Å². The summed E-state index contributed by atoms with van der Waals surface area (Å²) in [7, 11) is 5.66. The fraction of sp³-hybridized carbons (Fsp3) is 0. The Labute approximate surface area is 302 Å². The van der Waals surface area contributed by atoms with Crippen LogP contribution in [0.15, 0.2) is 120 Å². The minimum absolute atomic E-state index is 0.0749. The molecule has 8 aromatic rings. The molecule has 0 saturated heterocycles. The first-order valence-corrected chi connectivity index (χ1v) is 17.0. The lowest BCUT2D eigenvalue weighted by atomic mass is 9.68. The van der Waals surface area contributed by atoms with Gasteiger partial charge in [-0.2, -0.15) is 0 Å². The van der Waals surface area contributed by atoms with Crippen molar-refractivity contribution in [2.75, 3.05) is 0 Å². The predicted molar refractivity (Wildman–Crippen MR) is 224 cm³/mol. The van der Waals surface area contributed by atoms with Crippen molar-refractivity contribution < 1.29 is 24.8 Å². The maximum Gasteiger partial charge on any atom is 0.164 e. The number of phenols is 4. The number of benzene rings is 6. The lowest BCUT2D eigenvalue weighted by molar-refractivity contribution is 0.409. The Bertz CT molecular complexity index is 2890. The fourth-order valence-corrected chi connectivity index (χ4v) is 7.60.